The minimum atomic E-state index is -4.42. The number of fused-ring (bicyclic) bond motifs is 2. The van der Waals surface area contributed by atoms with Crippen molar-refractivity contribution < 1.29 is 32.2 Å². The fraction of sp³-hybridized carbons (Fsp3) is 0.400. The largest absolute Gasteiger partial charge is 0.484 e. The summed E-state index contributed by atoms with van der Waals surface area (Å²) in [4.78, 5) is 53.0. The quantitative estimate of drug-likeness (QED) is 0.122. The molecule has 4 heterocycles. The van der Waals surface area contributed by atoms with Crippen LogP contribution in [0.1, 0.15) is 50.2 Å². The van der Waals surface area contributed by atoms with Crippen LogP contribution in [-0.2, 0) is 15.8 Å². The zero-order valence-corrected chi connectivity index (χ0v) is 39.2. The summed E-state index contributed by atoms with van der Waals surface area (Å²) in [6, 6.07) is 24.1. The molecule has 2 aliphatic heterocycles. The van der Waals surface area contributed by atoms with E-state index in [1.165, 1.54) is 12.1 Å². The van der Waals surface area contributed by atoms with Gasteiger partial charge in [0.15, 0.2) is 13.2 Å². The molecule has 2 saturated heterocycles. The number of nitrogens with zero attached hydrogens (tertiary/aromatic N) is 8. The van der Waals surface area contributed by atoms with E-state index in [0.29, 0.717) is 35.2 Å². The van der Waals surface area contributed by atoms with Gasteiger partial charge in [0.2, 0.25) is 11.9 Å². The maximum atomic E-state index is 12.7. The van der Waals surface area contributed by atoms with Gasteiger partial charge < -0.3 is 29.9 Å². The van der Waals surface area contributed by atoms with Gasteiger partial charge in [0.25, 0.3) is 11.8 Å². The van der Waals surface area contributed by atoms with E-state index in [4.69, 9.17) is 29.4 Å². The van der Waals surface area contributed by atoms with Gasteiger partial charge in [0, 0.05) is 86.6 Å². The average Bonchev–Trinajstić information content (AvgIpc) is 3.31. The van der Waals surface area contributed by atoms with E-state index in [0.717, 1.165) is 109 Å². The highest BCUT2D eigenvalue weighted by Crippen LogP contribution is 2.31. The van der Waals surface area contributed by atoms with E-state index >= 15 is 0 Å². The number of carbonyl (C=O) groups excluding carboxylic acids is 2. The molecule has 67 heavy (non-hydrogen) atoms. The fourth-order valence-corrected chi connectivity index (χ4v) is 7.91. The molecule has 2 fully saturated rings. The highest BCUT2D eigenvalue weighted by molar-refractivity contribution is 5.96. The lowest BCUT2D eigenvalue weighted by Gasteiger charge is -2.37. The van der Waals surface area contributed by atoms with E-state index in [2.05, 4.69) is 57.9 Å². The Hall–Kier alpha value is -6.59. The van der Waals surface area contributed by atoms with Gasteiger partial charge in [0.05, 0.1) is 28.0 Å². The van der Waals surface area contributed by atoms with Gasteiger partial charge >= 0.3 is 6.18 Å². The number of hydrogen-bond acceptors (Lipinski definition) is 12. The first kappa shape index (κ1) is 48.3. The molecule has 0 saturated carbocycles. The smallest absolute Gasteiger partial charge is 0.416 e. The predicted molar refractivity (Wildman–Crippen MR) is 257 cm³/mol. The molecule has 17 heteroatoms. The van der Waals surface area contributed by atoms with Gasteiger partial charge in [-0.05, 0) is 121 Å². The molecule has 0 aliphatic carbocycles. The van der Waals surface area contributed by atoms with Gasteiger partial charge in [-0.3, -0.25) is 19.4 Å². The van der Waals surface area contributed by atoms with E-state index in [1.54, 1.807) is 12.1 Å². The number of rotatable bonds is 12. The third kappa shape index (κ3) is 12.9. The van der Waals surface area contributed by atoms with Crippen LogP contribution in [0.2, 0.25) is 0 Å². The highest BCUT2D eigenvalue weighted by Gasteiger charge is 2.30. The van der Waals surface area contributed by atoms with Crippen LogP contribution in [0.15, 0.2) is 84.9 Å². The molecule has 0 radical (unpaired) electrons. The third-order valence-electron chi connectivity index (χ3n) is 11.9. The number of piperazine rings is 2. The van der Waals surface area contributed by atoms with E-state index in [1.807, 2.05) is 69.3 Å². The Morgan fingerprint density at radius 3 is 1.33 bits per heavy atom. The Balaban J connectivity index is 0.000000200. The summed E-state index contributed by atoms with van der Waals surface area (Å²) < 4.78 is 48.8. The number of aromatic nitrogens is 4. The van der Waals surface area contributed by atoms with E-state index in [-0.39, 0.29) is 24.9 Å². The summed E-state index contributed by atoms with van der Waals surface area (Å²) in [5, 5.41) is 7.41. The summed E-state index contributed by atoms with van der Waals surface area (Å²) in [5.41, 5.74) is 5.03. The lowest BCUT2D eigenvalue weighted by molar-refractivity contribution is -0.137. The number of ether oxygens (including phenoxy) is 2. The molecule has 6 aromatic rings. The second kappa shape index (κ2) is 21.4. The van der Waals surface area contributed by atoms with Crippen LogP contribution in [0.25, 0.3) is 21.8 Å². The molecule has 2 aromatic heterocycles. The summed E-state index contributed by atoms with van der Waals surface area (Å²) >= 11 is 0. The van der Waals surface area contributed by atoms with Crippen molar-refractivity contribution in [3.05, 3.63) is 107 Å². The van der Waals surface area contributed by atoms with Crippen molar-refractivity contribution in [2.75, 3.05) is 86.0 Å². The molecular weight excluding hydrogens is 862 g/mol. The van der Waals surface area contributed by atoms with Crippen LogP contribution in [-0.4, -0.2) is 119 Å². The number of aryl methyl sites for hydroxylation is 3. The van der Waals surface area contributed by atoms with E-state index in [9.17, 15) is 22.8 Å². The monoisotopic (exact) mass is 920 g/mol. The Bertz CT molecular complexity index is 2650. The maximum absolute atomic E-state index is 12.7. The molecule has 0 bridgehead atoms. The predicted octanol–water partition coefficient (Wildman–Crippen LogP) is 8.30. The van der Waals surface area contributed by atoms with Crippen LogP contribution in [0.3, 0.4) is 0 Å². The van der Waals surface area contributed by atoms with Crippen LogP contribution < -0.4 is 29.9 Å². The third-order valence-corrected chi connectivity index (χ3v) is 11.9. The van der Waals surface area contributed by atoms with Crippen molar-refractivity contribution in [1.82, 2.24) is 29.7 Å². The molecular formula is C50H59F3N10O4. The lowest BCUT2D eigenvalue weighted by Crippen LogP contribution is -2.49. The van der Waals surface area contributed by atoms with Gasteiger partial charge in [-0.15, -0.1) is 0 Å². The summed E-state index contributed by atoms with van der Waals surface area (Å²) in [6.07, 6.45) is -4.42. The molecule has 8 rings (SSSR count). The molecule has 2 amide bonds. The Morgan fingerprint density at radius 2 is 0.955 bits per heavy atom. The van der Waals surface area contributed by atoms with Gasteiger partial charge in [-0.25, -0.2) is 19.9 Å². The number of anilines is 4. The van der Waals surface area contributed by atoms with Crippen LogP contribution in [0.4, 0.5) is 36.4 Å². The van der Waals surface area contributed by atoms with Crippen molar-refractivity contribution in [2.24, 2.45) is 0 Å². The second-order valence-electron chi connectivity index (χ2n) is 17.4. The van der Waals surface area contributed by atoms with Crippen molar-refractivity contribution in [3.63, 3.8) is 0 Å². The number of halogens is 3. The number of benzene rings is 4. The first-order valence-corrected chi connectivity index (χ1v) is 22.6. The summed E-state index contributed by atoms with van der Waals surface area (Å²) in [5.74, 6) is 1.71. The number of carbonyl (C=O) groups is 2. The van der Waals surface area contributed by atoms with Gasteiger partial charge in [0.1, 0.15) is 11.5 Å². The Morgan fingerprint density at radius 1 is 0.567 bits per heavy atom. The number of hydrogen-bond donors (Lipinski definition) is 2. The van der Waals surface area contributed by atoms with Crippen LogP contribution in [0.5, 0.6) is 11.5 Å². The lowest BCUT2D eigenvalue weighted by atomic mass is 10.1. The minimum absolute atomic E-state index is 0.0438. The van der Waals surface area contributed by atoms with Crippen molar-refractivity contribution >= 4 is 56.9 Å². The molecule has 2 N–H and O–H groups in total. The molecule has 0 spiro atoms. The molecule has 0 atom stereocenters. The SMILES string of the molecule is Cc1ccc(OCC(=O)Nc2ccc3nc(N4CCN(C(C)C)CC4)nc(C)c3c2)cc1.Cc1nc(N2CCN(C(C)C)CC2)nc2ccc(NC(=O)COc3ccc(C(F)(F)F)cc3)cc12. The zero-order valence-electron chi connectivity index (χ0n) is 39.2. The van der Waals surface area contributed by atoms with Gasteiger partial charge in [-0.1, -0.05) is 17.7 Å². The molecule has 14 nitrogen and oxygen atoms in total. The normalized spacial score (nSPS) is 14.9. The number of nitrogens with one attached hydrogen (secondary N) is 2. The van der Waals surface area contributed by atoms with Crippen molar-refractivity contribution in [2.45, 2.75) is 66.7 Å². The first-order chi connectivity index (χ1) is 32.0. The van der Waals surface area contributed by atoms with Crippen molar-refractivity contribution in [1.29, 1.82) is 0 Å². The Kier molecular flexibility index (Phi) is 15.4. The molecule has 2 aliphatic rings. The molecule has 4 aromatic carbocycles. The number of alkyl halides is 3. The number of amides is 2. The van der Waals surface area contributed by atoms with Crippen LogP contribution in [0, 0.1) is 20.8 Å². The van der Waals surface area contributed by atoms with Gasteiger partial charge in [-0.2, -0.15) is 13.2 Å². The molecule has 0 unspecified atom stereocenters. The minimum Gasteiger partial charge on any atom is -0.484 e. The topological polar surface area (TPSA) is 141 Å². The summed E-state index contributed by atoms with van der Waals surface area (Å²) in [6.45, 7) is 22.0. The zero-order chi connectivity index (χ0) is 47.8. The second-order valence-corrected chi connectivity index (χ2v) is 17.4. The Labute approximate surface area is 389 Å². The molecule has 354 valence electrons. The highest BCUT2D eigenvalue weighted by atomic mass is 19.4. The fourth-order valence-electron chi connectivity index (χ4n) is 7.91. The van der Waals surface area contributed by atoms with E-state index < -0.39 is 17.6 Å². The van der Waals surface area contributed by atoms with Crippen molar-refractivity contribution in [3.8, 4) is 11.5 Å². The average molecular weight is 921 g/mol. The standard InChI is InChI=1S/C25H28F3N5O2.C25H31N5O2/c1-16(2)32-10-12-33(13-11-32)24-29-17(3)21-14-19(6-9-22(21)31-24)30-23(34)15-35-20-7-4-18(5-8-20)25(26,27)28;1-17(2)29-11-13-30(14-12-29)25-26-19(4)22-15-20(7-10-23(22)28-25)27-24(31)16-32-21-8-5-18(3)6-9-21/h4-9,14,16H,10-13,15H2,1-3H3,(H,30,34);5-10,15,17H,11-14,16H2,1-4H3,(H,27,31). The van der Waals surface area contributed by atoms with Crippen LogP contribution >= 0.6 is 0 Å². The summed E-state index contributed by atoms with van der Waals surface area (Å²) in [7, 11) is 0. The first-order valence-electron chi connectivity index (χ1n) is 22.6. The maximum Gasteiger partial charge on any atom is 0.416 e.